The van der Waals surface area contributed by atoms with E-state index in [1.807, 2.05) is 37.5 Å². The lowest BCUT2D eigenvalue weighted by Gasteiger charge is -2.26. The van der Waals surface area contributed by atoms with E-state index in [-0.39, 0.29) is 18.1 Å². The second-order valence-corrected chi connectivity index (χ2v) is 10.3. The van der Waals surface area contributed by atoms with Gasteiger partial charge in [-0.1, -0.05) is 30.8 Å². The molecule has 4 heterocycles. The number of carbonyl (C=O) groups excluding carboxylic acids is 1. The van der Waals surface area contributed by atoms with Crippen molar-refractivity contribution in [2.75, 3.05) is 45.9 Å². The van der Waals surface area contributed by atoms with Crippen molar-refractivity contribution < 1.29 is 23.7 Å². The van der Waals surface area contributed by atoms with Gasteiger partial charge in [-0.05, 0) is 29.3 Å². The molecule has 2 aliphatic rings. The van der Waals surface area contributed by atoms with Crippen molar-refractivity contribution in [3.8, 4) is 22.8 Å². The molecule has 0 atom stereocenters. The lowest BCUT2D eigenvalue weighted by atomic mass is 10.0. The van der Waals surface area contributed by atoms with E-state index in [9.17, 15) is 4.79 Å². The molecule has 42 heavy (non-hydrogen) atoms. The second-order valence-electron chi connectivity index (χ2n) is 10.3. The number of carbonyl (C=O) groups is 1. The number of methoxy groups -OCH3 is 1. The van der Waals surface area contributed by atoms with Crippen LogP contribution in [-0.2, 0) is 9.47 Å². The van der Waals surface area contributed by atoms with Gasteiger partial charge in [0.25, 0.3) is 5.91 Å². The predicted octanol–water partition coefficient (Wildman–Crippen LogP) is 4.25. The number of rotatable bonds is 10. The average molecular weight is 571 g/mol. The molecule has 0 aliphatic carbocycles. The third kappa shape index (κ3) is 5.74. The van der Waals surface area contributed by atoms with Gasteiger partial charge in [0.2, 0.25) is 11.8 Å². The number of fused-ring (bicyclic) bond motifs is 1. The monoisotopic (exact) mass is 570 g/mol. The van der Waals surface area contributed by atoms with Gasteiger partial charge in [-0.25, -0.2) is 0 Å². The third-order valence-electron chi connectivity index (χ3n) is 7.47. The molecular weight excluding hydrogens is 536 g/mol. The highest BCUT2D eigenvalue weighted by molar-refractivity contribution is 5.98. The van der Waals surface area contributed by atoms with Crippen LogP contribution in [-0.4, -0.2) is 73.6 Å². The number of hydrogen-bond acceptors (Lipinski definition) is 9. The van der Waals surface area contributed by atoms with Gasteiger partial charge in [0.15, 0.2) is 0 Å². The largest absolute Gasteiger partial charge is 0.495 e. The quantitative estimate of drug-likeness (QED) is 0.221. The number of ether oxygens (including phenoxy) is 4. The Morgan fingerprint density at radius 2 is 1.81 bits per heavy atom. The number of benzene rings is 2. The second kappa shape index (κ2) is 12.1. The van der Waals surface area contributed by atoms with E-state index in [4.69, 9.17) is 28.9 Å². The minimum Gasteiger partial charge on any atom is -0.495 e. The summed E-state index contributed by atoms with van der Waals surface area (Å²) >= 11 is 0. The van der Waals surface area contributed by atoms with E-state index in [0.29, 0.717) is 60.9 Å². The number of anilines is 2. The standard InChI is InChI=1S/C31H34N6O5/c1-18(32-2)19-4-6-20(7-5-19)24-15-33-28-27(24)30(42-23-10-12-40-13-11-23)37-31(36-28)35-25-9-8-21(14-26(25)39-3)29(38)34-22-16-41-17-22/h4-9,14-15,22-23,32H,1,10-13,16-17H2,2-3H3,(H,34,38)(H2,33,35,36,37). The van der Waals surface area contributed by atoms with Crippen molar-refractivity contribution in [3.05, 3.63) is 66.4 Å². The van der Waals surface area contributed by atoms with Crippen LogP contribution >= 0.6 is 0 Å². The van der Waals surface area contributed by atoms with E-state index < -0.39 is 0 Å². The van der Waals surface area contributed by atoms with Crippen molar-refractivity contribution >= 4 is 34.3 Å². The number of nitrogens with one attached hydrogen (secondary N) is 4. The van der Waals surface area contributed by atoms with Crippen LogP contribution in [0.2, 0.25) is 0 Å². The van der Waals surface area contributed by atoms with Crippen LogP contribution in [0.15, 0.2) is 55.2 Å². The lowest BCUT2D eigenvalue weighted by Crippen LogP contribution is -2.48. The molecule has 0 saturated carbocycles. The van der Waals surface area contributed by atoms with Gasteiger partial charge < -0.3 is 39.9 Å². The molecule has 2 aliphatic heterocycles. The van der Waals surface area contributed by atoms with E-state index in [1.165, 1.54) is 0 Å². The first-order chi connectivity index (χ1) is 20.5. The molecule has 0 radical (unpaired) electrons. The molecule has 218 valence electrons. The number of aromatic nitrogens is 3. The molecule has 1 amide bonds. The molecule has 4 N–H and O–H groups in total. The normalized spacial score (nSPS) is 15.6. The molecule has 0 spiro atoms. The first-order valence-electron chi connectivity index (χ1n) is 14.0. The summed E-state index contributed by atoms with van der Waals surface area (Å²) < 4.78 is 22.8. The SMILES string of the molecule is C=C(NC)c1ccc(-c2c[nH]c3nc(Nc4ccc(C(=O)NC5COC5)cc4OC)nc(OC4CCOCC4)c23)cc1. The van der Waals surface area contributed by atoms with Crippen LogP contribution in [0.1, 0.15) is 28.8 Å². The summed E-state index contributed by atoms with van der Waals surface area (Å²) in [6.07, 6.45) is 3.45. The summed E-state index contributed by atoms with van der Waals surface area (Å²) in [4.78, 5) is 25.5. The van der Waals surface area contributed by atoms with Gasteiger partial charge in [-0.15, -0.1) is 0 Å². The number of H-pyrrole nitrogens is 1. The highest BCUT2D eigenvalue weighted by atomic mass is 16.5. The Balaban J connectivity index is 1.33. The Kier molecular flexibility index (Phi) is 7.93. The van der Waals surface area contributed by atoms with Crippen molar-refractivity contribution in [2.45, 2.75) is 25.0 Å². The molecule has 11 nitrogen and oxygen atoms in total. The fraction of sp³-hybridized carbons (Fsp3) is 0.323. The summed E-state index contributed by atoms with van der Waals surface area (Å²) in [5.74, 6) is 1.12. The van der Waals surface area contributed by atoms with E-state index in [1.54, 1.807) is 25.3 Å². The molecule has 4 aromatic rings. The van der Waals surface area contributed by atoms with Crippen molar-refractivity contribution in [1.82, 2.24) is 25.6 Å². The van der Waals surface area contributed by atoms with Crippen LogP contribution in [0.4, 0.5) is 11.6 Å². The number of aromatic amines is 1. The van der Waals surface area contributed by atoms with E-state index >= 15 is 0 Å². The number of hydrogen-bond donors (Lipinski definition) is 4. The summed E-state index contributed by atoms with van der Waals surface area (Å²) in [5, 5.41) is 10.1. The van der Waals surface area contributed by atoms with E-state index in [0.717, 1.165) is 40.6 Å². The van der Waals surface area contributed by atoms with Crippen LogP contribution in [0, 0.1) is 0 Å². The lowest BCUT2D eigenvalue weighted by molar-refractivity contribution is -0.00346. The van der Waals surface area contributed by atoms with E-state index in [2.05, 4.69) is 27.5 Å². The summed E-state index contributed by atoms with van der Waals surface area (Å²) in [6.45, 7) is 6.39. The summed E-state index contributed by atoms with van der Waals surface area (Å²) in [5.41, 5.74) is 5.53. The maximum atomic E-state index is 12.6. The van der Waals surface area contributed by atoms with Crippen LogP contribution in [0.3, 0.4) is 0 Å². The topological polar surface area (TPSA) is 132 Å². The van der Waals surface area contributed by atoms with Crippen molar-refractivity contribution in [1.29, 1.82) is 0 Å². The Labute approximate surface area is 243 Å². The zero-order valence-electron chi connectivity index (χ0n) is 23.7. The number of nitrogens with zero attached hydrogens (tertiary/aromatic N) is 2. The Morgan fingerprint density at radius 1 is 1.05 bits per heavy atom. The van der Waals surface area contributed by atoms with Gasteiger partial charge in [0, 0.05) is 42.9 Å². The van der Waals surface area contributed by atoms with Gasteiger partial charge in [-0.3, -0.25) is 4.79 Å². The number of amides is 1. The molecular formula is C31H34N6O5. The predicted molar refractivity (Wildman–Crippen MR) is 160 cm³/mol. The fourth-order valence-electron chi connectivity index (χ4n) is 4.96. The molecule has 2 aromatic carbocycles. The van der Waals surface area contributed by atoms with Gasteiger partial charge in [-0.2, -0.15) is 9.97 Å². The maximum absolute atomic E-state index is 12.6. The zero-order chi connectivity index (χ0) is 29.1. The van der Waals surface area contributed by atoms with Crippen LogP contribution in [0.25, 0.3) is 27.9 Å². The zero-order valence-corrected chi connectivity index (χ0v) is 23.7. The Morgan fingerprint density at radius 3 is 2.50 bits per heavy atom. The Bertz CT molecular complexity index is 1590. The van der Waals surface area contributed by atoms with Crippen molar-refractivity contribution in [3.63, 3.8) is 0 Å². The minimum absolute atomic E-state index is 0.0258. The first-order valence-corrected chi connectivity index (χ1v) is 14.0. The molecule has 0 unspecified atom stereocenters. The minimum atomic E-state index is -0.180. The summed E-state index contributed by atoms with van der Waals surface area (Å²) in [6, 6.07) is 13.4. The van der Waals surface area contributed by atoms with Crippen LogP contribution in [0.5, 0.6) is 11.6 Å². The highest BCUT2D eigenvalue weighted by Crippen LogP contribution is 2.37. The first kappa shape index (κ1) is 27.6. The molecule has 0 bridgehead atoms. The van der Waals surface area contributed by atoms with Crippen molar-refractivity contribution in [2.24, 2.45) is 0 Å². The molecule has 2 aromatic heterocycles. The average Bonchev–Trinajstić information content (AvgIpc) is 3.43. The Hall–Kier alpha value is -4.61. The maximum Gasteiger partial charge on any atom is 0.251 e. The van der Waals surface area contributed by atoms with Gasteiger partial charge in [0.1, 0.15) is 17.5 Å². The third-order valence-corrected chi connectivity index (χ3v) is 7.47. The van der Waals surface area contributed by atoms with Gasteiger partial charge >= 0.3 is 0 Å². The molecule has 2 fully saturated rings. The summed E-state index contributed by atoms with van der Waals surface area (Å²) in [7, 11) is 3.41. The molecule has 2 saturated heterocycles. The highest BCUT2D eigenvalue weighted by Gasteiger charge is 2.24. The smallest absolute Gasteiger partial charge is 0.251 e. The molecule has 11 heteroatoms. The molecule has 6 rings (SSSR count). The fourth-order valence-corrected chi connectivity index (χ4v) is 4.96. The van der Waals surface area contributed by atoms with Crippen LogP contribution < -0.4 is 25.4 Å². The van der Waals surface area contributed by atoms with Gasteiger partial charge in [0.05, 0.1) is 50.7 Å².